The minimum Gasteiger partial charge on any atom is -0.457 e. The van der Waals surface area contributed by atoms with Crippen molar-refractivity contribution in [3.8, 4) is 17.3 Å². The van der Waals surface area contributed by atoms with E-state index in [1.54, 1.807) is 6.07 Å². The van der Waals surface area contributed by atoms with Crippen LogP contribution in [0, 0.1) is 0 Å². The largest absolute Gasteiger partial charge is 0.457 e. The molecule has 1 aliphatic heterocycles. The lowest BCUT2D eigenvalue weighted by molar-refractivity contribution is 0.483. The summed E-state index contributed by atoms with van der Waals surface area (Å²) in [5.74, 6) is 1.67. The Morgan fingerprint density at radius 2 is 1.24 bits per heavy atom. The van der Waals surface area contributed by atoms with Crippen molar-refractivity contribution in [2.75, 3.05) is 16.5 Å². The molecule has 0 aliphatic carbocycles. The molecule has 5 aromatic carbocycles. The van der Waals surface area contributed by atoms with Gasteiger partial charge in [0.1, 0.15) is 24.0 Å². The van der Waals surface area contributed by atoms with Gasteiger partial charge in [-0.05, 0) is 88.7 Å². The van der Waals surface area contributed by atoms with Crippen molar-refractivity contribution in [3.05, 3.63) is 145 Å². The number of fused-ring (bicyclic) bond motifs is 4. The molecular formula is C44H42N4O. The van der Waals surface area contributed by atoms with Crippen LogP contribution in [-0.2, 0) is 10.8 Å². The summed E-state index contributed by atoms with van der Waals surface area (Å²) in [5.41, 5.74) is 5.35. The van der Waals surface area contributed by atoms with Crippen LogP contribution in [-0.4, -0.2) is 16.2 Å². The summed E-state index contributed by atoms with van der Waals surface area (Å²) in [7, 11) is 0. The number of benzene rings is 5. The average molecular weight is 649 g/mol. The minimum absolute atomic E-state index is 0.0271. The molecule has 5 heteroatoms. The lowest BCUT2D eigenvalue weighted by Crippen LogP contribution is -2.24. The molecule has 2 aromatic heterocycles. The Morgan fingerprint density at radius 3 is 2.00 bits per heavy atom. The maximum atomic E-state index is 8.23. The highest BCUT2D eigenvalue weighted by Gasteiger charge is 2.29. The first-order valence-corrected chi connectivity index (χ1v) is 16.6. The lowest BCUT2D eigenvalue weighted by Gasteiger charge is -2.25. The van der Waals surface area contributed by atoms with Gasteiger partial charge in [0, 0.05) is 48.7 Å². The van der Waals surface area contributed by atoms with Gasteiger partial charge in [0.05, 0.1) is 22.4 Å². The molecule has 0 fully saturated rings. The maximum Gasteiger partial charge on any atom is 0.137 e. The van der Waals surface area contributed by atoms with Gasteiger partial charge in [-0.2, -0.15) is 0 Å². The highest BCUT2D eigenvalue weighted by molar-refractivity contribution is 6.09. The monoisotopic (exact) mass is 648 g/mol. The van der Waals surface area contributed by atoms with E-state index in [4.69, 9.17) is 13.0 Å². The summed E-state index contributed by atoms with van der Waals surface area (Å²) in [6.07, 6.45) is 1.48. The zero-order valence-electron chi connectivity index (χ0n) is 34.1. The molecular weight excluding hydrogens is 601 g/mol. The first kappa shape index (κ1) is 24.6. The fourth-order valence-corrected chi connectivity index (χ4v) is 6.76. The predicted octanol–water partition coefficient (Wildman–Crippen LogP) is 11.8. The Balaban J connectivity index is 1.16. The summed E-state index contributed by atoms with van der Waals surface area (Å²) in [6, 6.07) is 42.1. The Kier molecular flexibility index (Phi) is 5.79. The molecule has 0 saturated carbocycles. The summed E-state index contributed by atoms with van der Waals surface area (Å²) in [4.78, 5) is 9.27. The topological polar surface area (TPSA) is 33.5 Å². The van der Waals surface area contributed by atoms with Crippen molar-refractivity contribution >= 4 is 44.6 Å². The first-order valence-electron chi connectivity index (χ1n) is 19.6. The van der Waals surface area contributed by atoms with E-state index in [1.165, 1.54) is 24.8 Å². The molecule has 7 aromatic rings. The van der Waals surface area contributed by atoms with Gasteiger partial charge in [-0.15, -0.1) is 0 Å². The summed E-state index contributed by atoms with van der Waals surface area (Å²) in [6.45, 7) is 3.02. The average Bonchev–Trinajstić information content (AvgIpc) is 3.70. The number of aromatic nitrogens is 2. The number of rotatable bonds is 5. The fraction of sp³-hybridized carbons (Fsp3) is 0.205. The molecule has 3 heterocycles. The van der Waals surface area contributed by atoms with E-state index >= 15 is 0 Å². The van der Waals surface area contributed by atoms with E-state index in [0.717, 1.165) is 44.6 Å². The number of para-hydroxylation sites is 3. The Bertz CT molecular complexity index is 2550. The van der Waals surface area contributed by atoms with Gasteiger partial charge in [-0.25, -0.2) is 4.98 Å². The van der Waals surface area contributed by atoms with Crippen molar-refractivity contribution in [1.29, 1.82) is 0 Å². The predicted molar refractivity (Wildman–Crippen MR) is 205 cm³/mol. The fourth-order valence-electron chi connectivity index (χ4n) is 6.76. The van der Waals surface area contributed by atoms with Crippen LogP contribution >= 0.6 is 0 Å². The molecule has 0 unspecified atom stereocenters. The van der Waals surface area contributed by atoms with Gasteiger partial charge in [-0.3, -0.25) is 4.57 Å². The van der Waals surface area contributed by atoms with Gasteiger partial charge in [0.25, 0.3) is 0 Å². The van der Waals surface area contributed by atoms with Crippen LogP contribution in [0.15, 0.2) is 134 Å². The number of nitrogens with zero attached hydrogens (tertiary/aromatic N) is 4. The quantitative estimate of drug-likeness (QED) is 0.186. The molecule has 8 rings (SSSR count). The number of hydrogen-bond acceptors (Lipinski definition) is 4. The lowest BCUT2D eigenvalue weighted by atomic mass is 9.87. The van der Waals surface area contributed by atoms with Crippen molar-refractivity contribution < 1.29 is 13.0 Å². The van der Waals surface area contributed by atoms with Crippen LogP contribution in [0.4, 0.5) is 22.7 Å². The molecule has 0 saturated heterocycles. The molecule has 244 valence electrons. The summed E-state index contributed by atoms with van der Waals surface area (Å²) in [5, 5.41) is 1.92. The van der Waals surface area contributed by atoms with Crippen LogP contribution in [0.2, 0.25) is 0 Å². The second-order valence-corrected chi connectivity index (χ2v) is 13.9. The molecule has 5 nitrogen and oxygen atoms in total. The van der Waals surface area contributed by atoms with Gasteiger partial charge in [0.2, 0.25) is 0 Å². The number of anilines is 4. The zero-order chi connectivity index (χ0) is 38.9. The van der Waals surface area contributed by atoms with Gasteiger partial charge in [0.15, 0.2) is 0 Å². The molecule has 0 atom stereocenters. The first-order chi connectivity index (χ1) is 26.0. The van der Waals surface area contributed by atoms with Crippen LogP contribution in [0.3, 0.4) is 0 Å². The van der Waals surface area contributed by atoms with Crippen molar-refractivity contribution in [2.24, 2.45) is 0 Å². The number of hydrogen-bond donors (Lipinski definition) is 0. The molecule has 0 spiro atoms. The van der Waals surface area contributed by atoms with Crippen molar-refractivity contribution in [1.82, 2.24) is 9.55 Å². The Hall–Kier alpha value is -5.55. The molecule has 0 N–H and O–H groups in total. The number of pyridine rings is 1. The molecule has 0 radical (unpaired) electrons. The van der Waals surface area contributed by atoms with E-state index < -0.39 is 19.1 Å². The SMILES string of the molecule is [2H]C([2H])([2H])C(C)(c1ccnc(-n2c3ccccc3c3ccc(Oc4cccc(N5CN(c6cccc(C(C)(C)C)c6)c6ccccc65)c4)cc32)c1)C([2H])([2H])[2H]. The zero-order valence-corrected chi connectivity index (χ0v) is 28.1. The summed E-state index contributed by atoms with van der Waals surface area (Å²) < 4.78 is 57.9. The normalized spacial score (nSPS) is 15.7. The third kappa shape index (κ3) is 5.59. The second-order valence-electron chi connectivity index (χ2n) is 13.9. The standard InChI is InChI=1S/C44H42N4O/c1-43(2,3)30-13-11-14-32(25-30)46-29-47(40-20-10-9-19-39(40)46)33-15-12-16-34(27-33)49-35-21-22-37-36-17-7-8-18-38(36)48(41(37)28-35)42-26-31(23-24-45-42)44(4,5)6/h7-28H,29H2,1-6H3/i4D3,5D3. The van der Waals surface area contributed by atoms with E-state index in [1.807, 2.05) is 65.2 Å². The van der Waals surface area contributed by atoms with E-state index in [2.05, 4.69) is 90.2 Å². The van der Waals surface area contributed by atoms with E-state index in [-0.39, 0.29) is 11.0 Å². The van der Waals surface area contributed by atoms with Crippen LogP contribution in [0.1, 0.15) is 60.8 Å². The minimum atomic E-state index is -2.79. The molecule has 0 amide bonds. The van der Waals surface area contributed by atoms with Crippen LogP contribution < -0.4 is 14.5 Å². The van der Waals surface area contributed by atoms with Crippen molar-refractivity contribution in [2.45, 2.75) is 52.2 Å². The maximum absolute atomic E-state index is 8.23. The van der Waals surface area contributed by atoms with E-state index in [0.29, 0.717) is 24.0 Å². The molecule has 0 bridgehead atoms. The van der Waals surface area contributed by atoms with Crippen molar-refractivity contribution in [3.63, 3.8) is 0 Å². The van der Waals surface area contributed by atoms with Crippen LogP contribution in [0.25, 0.3) is 27.6 Å². The van der Waals surface area contributed by atoms with Gasteiger partial charge >= 0.3 is 0 Å². The second kappa shape index (κ2) is 11.6. The molecule has 49 heavy (non-hydrogen) atoms. The smallest absolute Gasteiger partial charge is 0.137 e. The highest BCUT2D eigenvalue weighted by atomic mass is 16.5. The van der Waals surface area contributed by atoms with Gasteiger partial charge < -0.3 is 14.5 Å². The van der Waals surface area contributed by atoms with E-state index in [9.17, 15) is 0 Å². The third-order valence-corrected chi connectivity index (χ3v) is 9.33. The summed E-state index contributed by atoms with van der Waals surface area (Å²) >= 11 is 0. The number of ether oxygens (including phenoxy) is 1. The van der Waals surface area contributed by atoms with Gasteiger partial charge in [-0.1, -0.05) is 89.9 Å². The van der Waals surface area contributed by atoms with Crippen LogP contribution in [0.5, 0.6) is 11.5 Å². The Morgan fingerprint density at radius 1 is 0.592 bits per heavy atom. The highest BCUT2D eigenvalue weighted by Crippen LogP contribution is 2.45. The Labute approximate surface area is 297 Å². The third-order valence-electron chi connectivity index (χ3n) is 9.33. The molecule has 1 aliphatic rings.